The summed E-state index contributed by atoms with van der Waals surface area (Å²) in [6.07, 6.45) is 0. The zero-order valence-electron chi connectivity index (χ0n) is 11.7. The molecule has 5 nitrogen and oxygen atoms in total. The standard InChI is InChI=1S/C13H8F5NO4S/c1-23-13-4(2-3-5(12(13)20)19-24(21)22)6-7(14)9(16)11(18)10(17)8(6)15/h2-3,19-20H,1H3,(H,21,22). The molecule has 0 bridgehead atoms. The lowest BCUT2D eigenvalue weighted by molar-refractivity contribution is 0.371. The minimum absolute atomic E-state index is 0.361. The highest BCUT2D eigenvalue weighted by Gasteiger charge is 2.29. The number of hydrogen-bond acceptors (Lipinski definition) is 3. The summed E-state index contributed by atoms with van der Waals surface area (Å²) in [6, 6.07) is 1.76. The first-order chi connectivity index (χ1) is 11.2. The maximum absolute atomic E-state index is 13.9. The Labute approximate surface area is 134 Å². The van der Waals surface area contributed by atoms with Crippen LogP contribution in [0.4, 0.5) is 27.6 Å². The van der Waals surface area contributed by atoms with Gasteiger partial charge in [0.05, 0.1) is 18.4 Å². The highest BCUT2D eigenvalue weighted by molar-refractivity contribution is 7.80. The van der Waals surface area contributed by atoms with Gasteiger partial charge in [0.25, 0.3) is 11.3 Å². The lowest BCUT2D eigenvalue weighted by Gasteiger charge is -2.15. The number of rotatable bonds is 4. The monoisotopic (exact) mass is 369 g/mol. The second kappa shape index (κ2) is 6.61. The van der Waals surface area contributed by atoms with E-state index in [4.69, 9.17) is 9.29 Å². The zero-order chi connectivity index (χ0) is 18.2. The Morgan fingerprint density at radius 3 is 1.96 bits per heavy atom. The molecule has 0 aromatic heterocycles. The molecule has 3 N–H and O–H groups in total. The quantitative estimate of drug-likeness (QED) is 0.254. The van der Waals surface area contributed by atoms with E-state index in [0.29, 0.717) is 0 Å². The van der Waals surface area contributed by atoms with Crippen molar-refractivity contribution in [1.29, 1.82) is 0 Å². The Morgan fingerprint density at radius 2 is 1.50 bits per heavy atom. The summed E-state index contributed by atoms with van der Waals surface area (Å²) in [6.45, 7) is 0. The number of nitrogens with one attached hydrogen (secondary N) is 1. The first-order valence-electron chi connectivity index (χ1n) is 5.99. The van der Waals surface area contributed by atoms with Crippen LogP contribution in [0.1, 0.15) is 0 Å². The van der Waals surface area contributed by atoms with Crippen LogP contribution in [-0.4, -0.2) is 21.0 Å². The van der Waals surface area contributed by atoms with E-state index in [-0.39, 0.29) is 5.69 Å². The molecule has 130 valence electrons. The van der Waals surface area contributed by atoms with E-state index in [9.17, 15) is 31.3 Å². The van der Waals surface area contributed by atoms with Gasteiger partial charge in [-0.25, -0.2) is 26.2 Å². The summed E-state index contributed by atoms with van der Waals surface area (Å²) in [5.41, 5.74) is -2.31. The van der Waals surface area contributed by atoms with Gasteiger partial charge in [-0.1, -0.05) is 0 Å². The van der Waals surface area contributed by atoms with Crippen molar-refractivity contribution in [3.63, 3.8) is 0 Å². The first-order valence-corrected chi connectivity index (χ1v) is 7.10. The van der Waals surface area contributed by atoms with E-state index in [1.165, 1.54) is 0 Å². The van der Waals surface area contributed by atoms with Gasteiger partial charge in [-0.15, -0.1) is 0 Å². The summed E-state index contributed by atoms with van der Waals surface area (Å²) in [5.74, 6) is -12.4. The second-order valence-corrected chi connectivity index (χ2v) is 5.04. The summed E-state index contributed by atoms with van der Waals surface area (Å²) < 4.78 is 93.6. The van der Waals surface area contributed by atoms with Crippen LogP contribution in [0, 0.1) is 29.1 Å². The molecule has 0 spiro atoms. The van der Waals surface area contributed by atoms with Crippen LogP contribution in [0.2, 0.25) is 0 Å². The van der Waals surface area contributed by atoms with Crippen molar-refractivity contribution < 1.29 is 40.6 Å². The molecule has 0 aliphatic rings. The number of ether oxygens (including phenoxy) is 1. The molecule has 0 saturated heterocycles. The van der Waals surface area contributed by atoms with Crippen LogP contribution in [0.25, 0.3) is 11.1 Å². The SMILES string of the molecule is COc1c(-c2c(F)c(F)c(F)c(F)c2F)ccc(NS(=O)O)c1O. The average Bonchev–Trinajstić information content (AvgIpc) is 2.53. The molecule has 0 radical (unpaired) electrons. The largest absolute Gasteiger partial charge is 0.503 e. The molecule has 0 saturated carbocycles. The summed E-state index contributed by atoms with van der Waals surface area (Å²) in [7, 11) is 0.963. The third-order valence-electron chi connectivity index (χ3n) is 3.01. The second-order valence-electron chi connectivity index (χ2n) is 4.34. The molecule has 24 heavy (non-hydrogen) atoms. The number of benzene rings is 2. The summed E-state index contributed by atoms with van der Waals surface area (Å²) in [5, 5.41) is 9.92. The third-order valence-corrected chi connectivity index (χ3v) is 3.41. The Bertz CT molecular complexity index is 817. The Balaban J connectivity index is 2.79. The third kappa shape index (κ3) is 2.87. The van der Waals surface area contributed by atoms with Crippen molar-refractivity contribution >= 4 is 17.0 Å². The van der Waals surface area contributed by atoms with Gasteiger partial charge in [0.15, 0.2) is 34.8 Å². The molecule has 11 heteroatoms. The van der Waals surface area contributed by atoms with Crippen LogP contribution >= 0.6 is 0 Å². The molecule has 1 unspecified atom stereocenters. The van der Waals surface area contributed by atoms with Crippen LogP contribution in [-0.2, 0) is 11.3 Å². The molecule has 0 amide bonds. The van der Waals surface area contributed by atoms with E-state index in [1.807, 2.05) is 4.72 Å². The van der Waals surface area contributed by atoms with E-state index >= 15 is 0 Å². The molecule has 1 atom stereocenters. The van der Waals surface area contributed by atoms with E-state index in [1.54, 1.807) is 0 Å². The number of phenolic OH excluding ortho intramolecular Hbond substituents is 1. The topological polar surface area (TPSA) is 78.8 Å². The number of aromatic hydroxyl groups is 1. The Hall–Kier alpha value is -2.40. The molecule has 0 aliphatic carbocycles. The fourth-order valence-electron chi connectivity index (χ4n) is 1.99. The van der Waals surface area contributed by atoms with Gasteiger partial charge >= 0.3 is 0 Å². The molecular weight excluding hydrogens is 361 g/mol. The first kappa shape index (κ1) is 17.9. The fraction of sp³-hybridized carbons (Fsp3) is 0.0769. The average molecular weight is 369 g/mol. The van der Waals surface area contributed by atoms with E-state index in [0.717, 1.165) is 19.2 Å². The molecule has 2 aromatic carbocycles. The van der Waals surface area contributed by atoms with Crippen LogP contribution < -0.4 is 9.46 Å². The number of hydrogen-bond donors (Lipinski definition) is 3. The van der Waals surface area contributed by atoms with Gasteiger partial charge in [0.1, 0.15) is 0 Å². The van der Waals surface area contributed by atoms with Crippen LogP contribution in [0.5, 0.6) is 11.5 Å². The van der Waals surface area contributed by atoms with Gasteiger partial charge < -0.3 is 9.84 Å². The normalized spacial score (nSPS) is 12.1. The van der Waals surface area contributed by atoms with Gasteiger partial charge in [0, 0.05) is 5.56 Å². The molecule has 0 aliphatic heterocycles. The number of methoxy groups -OCH3 is 1. The summed E-state index contributed by atoms with van der Waals surface area (Å²) >= 11 is -2.59. The number of halogens is 5. The highest BCUT2D eigenvalue weighted by atomic mass is 32.2. The minimum atomic E-state index is -2.59. The van der Waals surface area contributed by atoms with Gasteiger partial charge in [-0.2, -0.15) is 0 Å². The highest BCUT2D eigenvalue weighted by Crippen LogP contribution is 2.44. The van der Waals surface area contributed by atoms with Crippen molar-refractivity contribution in [2.45, 2.75) is 0 Å². The van der Waals surface area contributed by atoms with Crippen LogP contribution in [0.3, 0.4) is 0 Å². The molecular formula is C13H8F5NO4S. The maximum atomic E-state index is 13.9. The maximum Gasteiger partial charge on any atom is 0.259 e. The van der Waals surface area contributed by atoms with Crippen molar-refractivity contribution in [3.05, 3.63) is 41.2 Å². The molecule has 2 rings (SSSR count). The van der Waals surface area contributed by atoms with Crippen molar-refractivity contribution in [1.82, 2.24) is 0 Å². The van der Waals surface area contributed by atoms with Crippen molar-refractivity contribution in [3.8, 4) is 22.6 Å². The molecule has 0 fully saturated rings. The van der Waals surface area contributed by atoms with Crippen molar-refractivity contribution in [2.75, 3.05) is 11.8 Å². The molecule has 0 heterocycles. The fourth-order valence-corrected chi connectivity index (χ4v) is 2.35. The minimum Gasteiger partial charge on any atom is -0.503 e. The van der Waals surface area contributed by atoms with Gasteiger partial charge in [0.2, 0.25) is 5.82 Å². The Kier molecular flexibility index (Phi) is 4.94. The predicted molar refractivity (Wildman–Crippen MR) is 74.3 cm³/mol. The lowest BCUT2D eigenvalue weighted by Crippen LogP contribution is -2.06. The van der Waals surface area contributed by atoms with Gasteiger partial charge in [-0.3, -0.25) is 9.27 Å². The van der Waals surface area contributed by atoms with E-state index < -0.39 is 63.0 Å². The lowest BCUT2D eigenvalue weighted by atomic mass is 10.0. The zero-order valence-corrected chi connectivity index (χ0v) is 12.5. The van der Waals surface area contributed by atoms with Crippen molar-refractivity contribution in [2.24, 2.45) is 0 Å². The smallest absolute Gasteiger partial charge is 0.259 e. The Morgan fingerprint density at radius 1 is 1.00 bits per heavy atom. The number of phenols is 1. The van der Waals surface area contributed by atoms with Crippen LogP contribution in [0.15, 0.2) is 12.1 Å². The number of anilines is 1. The predicted octanol–water partition coefficient (Wildman–Crippen LogP) is 3.31. The van der Waals surface area contributed by atoms with Gasteiger partial charge in [-0.05, 0) is 12.1 Å². The van der Waals surface area contributed by atoms with E-state index in [2.05, 4.69) is 0 Å². The molecule has 2 aromatic rings. The summed E-state index contributed by atoms with van der Waals surface area (Å²) in [4.78, 5) is 0.